The fourth-order valence-electron chi connectivity index (χ4n) is 5.57. The van der Waals surface area contributed by atoms with Crippen molar-refractivity contribution in [3.63, 3.8) is 0 Å². The highest BCUT2D eigenvalue weighted by atomic mass is 19.1. The van der Waals surface area contributed by atoms with E-state index in [9.17, 15) is 4.39 Å². The average molecular weight is 514 g/mol. The van der Waals surface area contributed by atoms with Crippen molar-refractivity contribution in [1.82, 2.24) is 19.9 Å². The molecule has 0 saturated carbocycles. The Morgan fingerprint density at radius 1 is 0.921 bits per heavy atom. The van der Waals surface area contributed by atoms with Gasteiger partial charge in [0, 0.05) is 56.1 Å². The summed E-state index contributed by atoms with van der Waals surface area (Å²) in [4.78, 5) is 26.0. The van der Waals surface area contributed by atoms with Crippen LogP contribution in [0, 0.1) is 12.7 Å². The standard InChI is InChI=1S/C29H32FN7O/c1-19-15-23(28-31-10-14-38-28)17-32-27(19)35-12-13-36(21(3)18-35)26-16-25(22-6-8-24(30)9-7-22)33-29(34-26)37-11-4-5-20(37)2/h6-10,14-17,20-21H,4-5,11-13,18H2,1-3H3. The maximum absolute atomic E-state index is 13.6. The predicted molar refractivity (Wildman–Crippen MR) is 147 cm³/mol. The summed E-state index contributed by atoms with van der Waals surface area (Å²) in [5, 5.41) is 0. The van der Waals surface area contributed by atoms with Crippen molar-refractivity contribution in [1.29, 1.82) is 0 Å². The zero-order chi connectivity index (χ0) is 26.2. The summed E-state index contributed by atoms with van der Waals surface area (Å²) in [7, 11) is 0. The largest absolute Gasteiger partial charge is 0.444 e. The van der Waals surface area contributed by atoms with E-state index in [1.165, 1.54) is 12.1 Å². The van der Waals surface area contributed by atoms with Crippen molar-refractivity contribution < 1.29 is 8.81 Å². The van der Waals surface area contributed by atoms with Gasteiger partial charge in [-0.15, -0.1) is 0 Å². The van der Waals surface area contributed by atoms with E-state index in [0.29, 0.717) is 11.9 Å². The molecule has 5 heterocycles. The highest BCUT2D eigenvalue weighted by Gasteiger charge is 2.29. The lowest BCUT2D eigenvalue weighted by molar-refractivity contribution is 0.541. The molecule has 1 aromatic carbocycles. The van der Waals surface area contributed by atoms with Crippen molar-refractivity contribution in [3.05, 3.63) is 66.4 Å². The van der Waals surface area contributed by atoms with Crippen LogP contribution in [-0.2, 0) is 0 Å². The Bertz CT molecular complexity index is 1410. The molecule has 3 aromatic heterocycles. The van der Waals surface area contributed by atoms with E-state index < -0.39 is 0 Å². The van der Waals surface area contributed by atoms with Gasteiger partial charge in [0.1, 0.15) is 23.7 Å². The Morgan fingerprint density at radius 2 is 1.76 bits per heavy atom. The summed E-state index contributed by atoms with van der Waals surface area (Å²) >= 11 is 0. The molecule has 0 amide bonds. The first kappa shape index (κ1) is 24.3. The number of rotatable bonds is 5. The minimum absolute atomic E-state index is 0.205. The molecule has 2 unspecified atom stereocenters. The zero-order valence-corrected chi connectivity index (χ0v) is 22.0. The summed E-state index contributed by atoms with van der Waals surface area (Å²) in [5.74, 6) is 2.96. The van der Waals surface area contributed by atoms with Crippen LogP contribution in [0.5, 0.6) is 0 Å². The average Bonchev–Trinajstić information content (AvgIpc) is 3.61. The second kappa shape index (κ2) is 10.0. The van der Waals surface area contributed by atoms with E-state index in [1.807, 2.05) is 12.3 Å². The number of hydrogen-bond acceptors (Lipinski definition) is 8. The van der Waals surface area contributed by atoms with Crippen LogP contribution in [0.4, 0.5) is 22.0 Å². The summed E-state index contributed by atoms with van der Waals surface area (Å²) in [6, 6.07) is 11.3. The van der Waals surface area contributed by atoms with Gasteiger partial charge < -0.3 is 19.1 Å². The molecule has 2 aliphatic rings. The number of oxazole rings is 1. The zero-order valence-electron chi connectivity index (χ0n) is 22.0. The van der Waals surface area contributed by atoms with Crippen LogP contribution in [0.2, 0.25) is 0 Å². The number of nitrogens with zero attached hydrogens (tertiary/aromatic N) is 7. The Kier molecular flexibility index (Phi) is 6.43. The lowest BCUT2D eigenvalue weighted by Crippen LogP contribution is -2.53. The lowest BCUT2D eigenvalue weighted by Gasteiger charge is -2.41. The topological polar surface area (TPSA) is 74.4 Å². The van der Waals surface area contributed by atoms with Gasteiger partial charge in [0.15, 0.2) is 0 Å². The number of aryl methyl sites for hydroxylation is 1. The Labute approximate surface area is 222 Å². The molecule has 38 heavy (non-hydrogen) atoms. The fraction of sp³-hybridized carbons (Fsp3) is 0.379. The van der Waals surface area contributed by atoms with Gasteiger partial charge in [-0.3, -0.25) is 0 Å². The molecule has 9 heteroatoms. The van der Waals surface area contributed by atoms with Crippen LogP contribution >= 0.6 is 0 Å². The smallest absolute Gasteiger partial charge is 0.228 e. The van der Waals surface area contributed by atoms with Gasteiger partial charge in [0.25, 0.3) is 0 Å². The van der Waals surface area contributed by atoms with E-state index in [-0.39, 0.29) is 11.9 Å². The van der Waals surface area contributed by atoms with Gasteiger partial charge in [0.2, 0.25) is 11.8 Å². The Hall–Kier alpha value is -4.01. The minimum atomic E-state index is -0.251. The maximum atomic E-state index is 13.6. The van der Waals surface area contributed by atoms with Gasteiger partial charge >= 0.3 is 0 Å². The second-order valence-corrected chi connectivity index (χ2v) is 10.3. The monoisotopic (exact) mass is 513 g/mol. The number of pyridine rings is 1. The van der Waals surface area contributed by atoms with Crippen molar-refractivity contribution >= 4 is 17.6 Å². The van der Waals surface area contributed by atoms with E-state index in [2.05, 4.69) is 46.5 Å². The molecule has 0 N–H and O–H groups in total. The molecule has 2 atom stereocenters. The molecule has 2 aliphatic heterocycles. The molecule has 0 spiro atoms. The molecule has 0 bridgehead atoms. The third-order valence-electron chi connectivity index (χ3n) is 7.60. The first-order chi connectivity index (χ1) is 18.5. The number of halogens is 1. The van der Waals surface area contributed by atoms with E-state index >= 15 is 0 Å². The molecule has 4 aromatic rings. The van der Waals surface area contributed by atoms with Crippen molar-refractivity contribution in [3.8, 4) is 22.7 Å². The van der Waals surface area contributed by atoms with Crippen LogP contribution in [0.15, 0.2) is 59.5 Å². The number of anilines is 3. The lowest BCUT2D eigenvalue weighted by atomic mass is 10.1. The van der Waals surface area contributed by atoms with Crippen LogP contribution < -0.4 is 14.7 Å². The summed E-state index contributed by atoms with van der Waals surface area (Å²) in [5.41, 5.74) is 3.67. The quantitative estimate of drug-likeness (QED) is 0.354. The predicted octanol–water partition coefficient (Wildman–Crippen LogP) is 5.34. The molecule has 6 rings (SSSR count). The third-order valence-corrected chi connectivity index (χ3v) is 7.60. The van der Waals surface area contributed by atoms with Gasteiger partial charge in [-0.1, -0.05) is 0 Å². The van der Waals surface area contributed by atoms with E-state index in [4.69, 9.17) is 19.4 Å². The minimum Gasteiger partial charge on any atom is -0.444 e. The number of piperazine rings is 1. The molecule has 196 valence electrons. The van der Waals surface area contributed by atoms with Gasteiger partial charge in [-0.25, -0.2) is 19.3 Å². The number of aromatic nitrogens is 4. The van der Waals surface area contributed by atoms with Crippen LogP contribution in [0.25, 0.3) is 22.7 Å². The van der Waals surface area contributed by atoms with Crippen molar-refractivity contribution in [2.75, 3.05) is 40.9 Å². The van der Waals surface area contributed by atoms with Crippen molar-refractivity contribution in [2.24, 2.45) is 0 Å². The van der Waals surface area contributed by atoms with Crippen LogP contribution in [0.1, 0.15) is 32.3 Å². The second-order valence-electron chi connectivity index (χ2n) is 10.3. The summed E-state index contributed by atoms with van der Waals surface area (Å²) in [6.45, 7) is 9.92. The molecule has 0 radical (unpaired) electrons. The van der Waals surface area contributed by atoms with E-state index in [1.54, 1.807) is 24.6 Å². The molecule has 2 saturated heterocycles. The summed E-state index contributed by atoms with van der Waals surface area (Å²) < 4.78 is 19.1. The van der Waals surface area contributed by atoms with Crippen LogP contribution in [0.3, 0.4) is 0 Å². The highest BCUT2D eigenvalue weighted by Crippen LogP contribution is 2.32. The van der Waals surface area contributed by atoms with Crippen LogP contribution in [-0.4, -0.2) is 58.2 Å². The summed E-state index contributed by atoms with van der Waals surface area (Å²) in [6.07, 6.45) is 7.31. The Morgan fingerprint density at radius 3 is 2.45 bits per heavy atom. The van der Waals surface area contributed by atoms with E-state index in [0.717, 1.165) is 79.0 Å². The SMILES string of the molecule is Cc1cc(-c2ncco2)cnc1N1CCN(c2cc(-c3ccc(F)cc3)nc(N3CCCC3C)n2)C(C)C1. The normalized spacial score (nSPS) is 19.8. The molecule has 0 aliphatic carbocycles. The highest BCUT2D eigenvalue weighted by molar-refractivity contribution is 5.66. The maximum Gasteiger partial charge on any atom is 0.228 e. The third kappa shape index (κ3) is 4.68. The van der Waals surface area contributed by atoms with Gasteiger partial charge in [-0.05, 0) is 69.5 Å². The first-order valence-corrected chi connectivity index (χ1v) is 13.3. The molecule has 2 fully saturated rings. The van der Waals surface area contributed by atoms with Crippen molar-refractivity contribution in [2.45, 2.75) is 45.7 Å². The van der Waals surface area contributed by atoms with Gasteiger partial charge in [0.05, 0.1) is 17.5 Å². The first-order valence-electron chi connectivity index (χ1n) is 13.3. The molecular formula is C29H32FN7O. The fourth-order valence-corrected chi connectivity index (χ4v) is 5.57. The number of hydrogen-bond donors (Lipinski definition) is 0. The molecule has 8 nitrogen and oxygen atoms in total. The Balaban J connectivity index is 1.27. The molecular weight excluding hydrogens is 481 g/mol. The number of benzene rings is 1. The van der Waals surface area contributed by atoms with Gasteiger partial charge in [-0.2, -0.15) is 4.98 Å².